The van der Waals surface area contributed by atoms with Crippen LogP contribution in [0.5, 0.6) is 0 Å². The molecule has 0 saturated carbocycles. The second-order valence-electron chi connectivity index (χ2n) is 4.98. The van der Waals surface area contributed by atoms with Gasteiger partial charge in [-0.1, -0.05) is 0 Å². The lowest BCUT2D eigenvalue weighted by atomic mass is 10.2. The fraction of sp³-hybridized carbons (Fsp3) is 0.923. The van der Waals surface area contributed by atoms with Crippen LogP contribution in [0.4, 0.5) is 0 Å². The number of sulfonamides is 1. The summed E-state index contributed by atoms with van der Waals surface area (Å²) < 4.78 is 41.0. The molecule has 1 aliphatic rings. The van der Waals surface area contributed by atoms with Crippen LogP contribution in [0, 0.1) is 0 Å². The highest BCUT2D eigenvalue weighted by Gasteiger charge is 2.27. The molecule has 0 aromatic rings. The van der Waals surface area contributed by atoms with Crippen LogP contribution in [0.2, 0.25) is 0 Å². The zero-order valence-electron chi connectivity index (χ0n) is 12.7. The first-order valence-electron chi connectivity index (χ1n) is 7.14. The van der Waals surface area contributed by atoms with Crippen LogP contribution in [0.3, 0.4) is 0 Å². The Morgan fingerprint density at radius 1 is 1.38 bits per heavy atom. The van der Waals surface area contributed by atoms with Crippen molar-refractivity contribution in [1.82, 2.24) is 4.31 Å². The zero-order chi connectivity index (χ0) is 15.7. The Balaban J connectivity index is 2.61. The van der Waals surface area contributed by atoms with E-state index in [1.165, 1.54) is 18.5 Å². The van der Waals surface area contributed by atoms with Gasteiger partial charge in [-0.05, 0) is 19.3 Å². The average Bonchev–Trinajstić information content (AvgIpc) is 2.96. The van der Waals surface area contributed by atoms with E-state index in [0.29, 0.717) is 26.2 Å². The Morgan fingerprint density at radius 2 is 2.14 bits per heavy atom. The molecule has 0 bridgehead atoms. The molecule has 1 unspecified atom stereocenters. The van der Waals surface area contributed by atoms with E-state index in [4.69, 9.17) is 9.47 Å². The van der Waals surface area contributed by atoms with Gasteiger partial charge in [-0.3, -0.25) is 4.79 Å². The Hall–Kier alpha value is -0.700. The van der Waals surface area contributed by atoms with E-state index in [-0.39, 0.29) is 24.8 Å². The quantitative estimate of drug-likeness (QED) is 0.427. The van der Waals surface area contributed by atoms with Gasteiger partial charge in [-0.15, -0.1) is 0 Å². The predicted molar refractivity (Wildman–Crippen MR) is 77.5 cm³/mol. The van der Waals surface area contributed by atoms with Gasteiger partial charge in [0.15, 0.2) is 0 Å². The average molecular weight is 323 g/mol. The summed E-state index contributed by atoms with van der Waals surface area (Å²) >= 11 is 0. The largest absolute Gasteiger partial charge is 0.469 e. The fourth-order valence-electron chi connectivity index (χ4n) is 2.19. The minimum absolute atomic E-state index is 0.00866. The minimum atomic E-state index is -3.42. The lowest BCUT2D eigenvalue weighted by Crippen LogP contribution is -2.40. The zero-order valence-corrected chi connectivity index (χ0v) is 13.6. The number of carbonyl (C=O) groups excluding carboxylic acids is 1. The maximum absolute atomic E-state index is 12.4. The van der Waals surface area contributed by atoms with Gasteiger partial charge in [-0.2, -0.15) is 4.31 Å². The lowest BCUT2D eigenvalue weighted by Gasteiger charge is -2.24. The highest BCUT2D eigenvalue weighted by molar-refractivity contribution is 7.89. The topological polar surface area (TPSA) is 82.1 Å². The summed E-state index contributed by atoms with van der Waals surface area (Å²) in [5.74, 6) is -0.409. The van der Waals surface area contributed by atoms with E-state index in [2.05, 4.69) is 4.74 Å². The lowest BCUT2D eigenvalue weighted by molar-refractivity contribution is -0.140. The van der Waals surface area contributed by atoms with Gasteiger partial charge in [0.1, 0.15) is 0 Å². The summed E-state index contributed by atoms with van der Waals surface area (Å²) in [6, 6.07) is 0. The molecule has 1 saturated heterocycles. The van der Waals surface area contributed by atoms with E-state index in [1.807, 2.05) is 0 Å². The molecular formula is C13H25NO6S. The summed E-state index contributed by atoms with van der Waals surface area (Å²) in [5, 5.41) is 0. The molecule has 1 atom stereocenters. The van der Waals surface area contributed by atoms with Crippen molar-refractivity contribution in [2.24, 2.45) is 0 Å². The van der Waals surface area contributed by atoms with Gasteiger partial charge in [-0.25, -0.2) is 8.42 Å². The smallest absolute Gasteiger partial charge is 0.306 e. The fourth-order valence-corrected chi connectivity index (χ4v) is 3.70. The SMILES string of the molecule is COCCCS(=O)(=O)N(CCC(=O)OC)CC1CCCO1. The second-order valence-corrected chi connectivity index (χ2v) is 7.07. The molecule has 1 aliphatic heterocycles. The summed E-state index contributed by atoms with van der Waals surface area (Å²) in [6.07, 6.45) is 2.19. The number of nitrogens with zero attached hydrogens (tertiary/aromatic N) is 1. The summed E-state index contributed by atoms with van der Waals surface area (Å²) in [7, 11) is -0.593. The third-order valence-corrected chi connectivity index (χ3v) is 5.29. The number of ether oxygens (including phenoxy) is 3. The summed E-state index contributed by atoms with van der Waals surface area (Å²) in [4.78, 5) is 11.2. The van der Waals surface area contributed by atoms with E-state index in [1.54, 1.807) is 0 Å². The van der Waals surface area contributed by atoms with Gasteiger partial charge in [0, 0.05) is 33.4 Å². The van der Waals surface area contributed by atoms with Crippen LogP contribution in [0.1, 0.15) is 25.7 Å². The van der Waals surface area contributed by atoms with Crippen molar-refractivity contribution in [1.29, 1.82) is 0 Å². The van der Waals surface area contributed by atoms with Gasteiger partial charge in [0.25, 0.3) is 0 Å². The molecule has 21 heavy (non-hydrogen) atoms. The van der Waals surface area contributed by atoms with E-state index in [9.17, 15) is 13.2 Å². The number of methoxy groups -OCH3 is 2. The first-order valence-corrected chi connectivity index (χ1v) is 8.75. The van der Waals surface area contributed by atoms with Crippen molar-refractivity contribution in [3.05, 3.63) is 0 Å². The van der Waals surface area contributed by atoms with Crippen LogP contribution in [0.15, 0.2) is 0 Å². The third-order valence-electron chi connectivity index (χ3n) is 3.37. The molecule has 1 rings (SSSR count). The Morgan fingerprint density at radius 3 is 2.71 bits per heavy atom. The molecule has 1 fully saturated rings. The molecule has 0 radical (unpaired) electrons. The number of hydrogen-bond acceptors (Lipinski definition) is 6. The maximum atomic E-state index is 12.4. The summed E-state index contributed by atoms with van der Waals surface area (Å²) in [5.41, 5.74) is 0. The molecule has 124 valence electrons. The van der Waals surface area contributed by atoms with Crippen LogP contribution in [0.25, 0.3) is 0 Å². The van der Waals surface area contributed by atoms with Gasteiger partial charge in [0.05, 0.1) is 25.4 Å². The molecule has 7 nitrogen and oxygen atoms in total. The van der Waals surface area contributed by atoms with Crippen molar-refractivity contribution in [3.8, 4) is 0 Å². The molecule has 8 heteroatoms. The van der Waals surface area contributed by atoms with Crippen LogP contribution in [-0.4, -0.2) is 71.1 Å². The van der Waals surface area contributed by atoms with E-state index in [0.717, 1.165) is 12.8 Å². The monoisotopic (exact) mass is 323 g/mol. The van der Waals surface area contributed by atoms with E-state index >= 15 is 0 Å². The highest BCUT2D eigenvalue weighted by atomic mass is 32.2. The van der Waals surface area contributed by atoms with Crippen molar-refractivity contribution >= 4 is 16.0 Å². The van der Waals surface area contributed by atoms with Gasteiger partial charge < -0.3 is 14.2 Å². The van der Waals surface area contributed by atoms with Gasteiger partial charge >= 0.3 is 5.97 Å². The maximum Gasteiger partial charge on any atom is 0.306 e. The van der Waals surface area contributed by atoms with Crippen molar-refractivity contribution in [2.45, 2.75) is 31.8 Å². The predicted octanol–water partition coefficient (Wildman–Crippen LogP) is 0.397. The summed E-state index contributed by atoms with van der Waals surface area (Å²) in [6.45, 7) is 1.48. The van der Waals surface area contributed by atoms with Crippen LogP contribution < -0.4 is 0 Å². The van der Waals surface area contributed by atoms with Crippen LogP contribution >= 0.6 is 0 Å². The van der Waals surface area contributed by atoms with Crippen molar-refractivity contribution in [3.63, 3.8) is 0 Å². The number of rotatable bonds is 10. The molecule has 0 aromatic carbocycles. The Bertz CT molecular complexity index is 405. The molecule has 0 amide bonds. The van der Waals surface area contributed by atoms with Crippen molar-refractivity contribution in [2.75, 3.05) is 46.3 Å². The molecule has 0 N–H and O–H groups in total. The molecule has 0 aliphatic carbocycles. The van der Waals surface area contributed by atoms with E-state index < -0.39 is 16.0 Å². The third kappa shape index (κ3) is 6.73. The normalized spacial score (nSPS) is 19.1. The van der Waals surface area contributed by atoms with Crippen molar-refractivity contribution < 1.29 is 27.4 Å². The van der Waals surface area contributed by atoms with Crippen LogP contribution in [-0.2, 0) is 29.0 Å². The number of esters is 1. The minimum Gasteiger partial charge on any atom is -0.469 e. The molecule has 0 aromatic heterocycles. The molecular weight excluding hydrogens is 298 g/mol. The molecule has 0 spiro atoms. The van der Waals surface area contributed by atoms with Gasteiger partial charge in [0.2, 0.25) is 10.0 Å². The standard InChI is InChI=1S/C13H25NO6S/c1-18-8-4-10-21(16,17)14(7-6-13(15)19-2)11-12-5-3-9-20-12/h12H,3-11H2,1-2H3. The first kappa shape index (κ1) is 18.3. The first-order chi connectivity index (χ1) is 9.99. The Labute approximate surface area is 126 Å². The highest BCUT2D eigenvalue weighted by Crippen LogP contribution is 2.16. The number of hydrogen-bond donors (Lipinski definition) is 0. The second kappa shape index (κ2) is 9.34. The Kier molecular flexibility index (Phi) is 8.16. The number of carbonyl (C=O) groups is 1. The molecule has 1 heterocycles.